The predicted molar refractivity (Wildman–Crippen MR) is 76.7 cm³/mol. The van der Waals surface area contributed by atoms with Crippen molar-refractivity contribution in [2.45, 2.75) is 41.0 Å². The molecule has 0 unspecified atom stereocenters. The van der Waals surface area contributed by atoms with Gasteiger partial charge >= 0.3 is 15.5 Å². The zero-order valence-electron chi connectivity index (χ0n) is 12.8. The van der Waals surface area contributed by atoms with E-state index in [1.54, 1.807) is 6.92 Å². The van der Waals surface area contributed by atoms with Gasteiger partial charge in [-0.1, -0.05) is 13.5 Å². The Morgan fingerprint density at radius 1 is 1.00 bits per heavy atom. The molecule has 0 saturated heterocycles. The highest BCUT2D eigenvalue weighted by Gasteiger charge is 2.15. The highest BCUT2D eigenvalue weighted by Crippen LogP contribution is 1.92. The molecule has 0 aliphatic carbocycles. The maximum atomic E-state index is 10.6. The van der Waals surface area contributed by atoms with E-state index >= 15 is 0 Å². The van der Waals surface area contributed by atoms with Crippen molar-refractivity contribution in [1.29, 1.82) is 0 Å². The van der Waals surface area contributed by atoms with Gasteiger partial charge in [0.15, 0.2) is 0 Å². The van der Waals surface area contributed by atoms with Crippen molar-refractivity contribution in [2.24, 2.45) is 0 Å². The van der Waals surface area contributed by atoms with E-state index < -0.39 is 9.53 Å². The van der Waals surface area contributed by atoms with Crippen LogP contribution in [0, 0.1) is 0 Å². The zero-order chi connectivity index (χ0) is 15.1. The van der Waals surface area contributed by atoms with Gasteiger partial charge in [0, 0.05) is 25.4 Å². The summed E-state index contributed by atoms with van der Waals surface area (Å²) in [7, 11) is -1.40. The van der Waals surface area contributed by atoms with E-state index in [4.69, 9.17) is 18.0 Å². The van der Waals surface area contributed by atoms with Crippen molar-refractivity contribution in [3.63, 3.8) is 0 Å². The smallest absolute Gasteiger partial charge is 0.462 e. The number of hydrogen-bond donors (Lipinski definition) is 0. The van der Waals surface area contributed by atoms with Crippen molar-refractivity contribution in [3.8, 4) is 0 Å². The first-order chi connectivity index (χ1) is 9.03. The molecule has 113 valence electrons. The zero-order valence-corrected chi connectivity index (χ0v) is 13.8. The summed E-state index contributed by atoms with van der Waals surface area (Å²) < 4.78 is 20.3. The second-order valence-electron chi connectivity index (χ2n) is 3.47. The number of hydrogen-bond acceptors (Lipinski definition) is 5. The topological polar surface area (TPSA) is 54.0 Å². The third kappa shape index (κ3) is 15.2. The molecule has 0 spiro atoms. The van der Waals surface area contributed by atoms with Crippen molar-refractivity contribution in [3.05, 3.63) is 12.2 Å². The van der Waals surface area contributed by atoms with Gasteiger partial charge in [-0.2, -0.15) is 0 Å². The Morgan fingerprint density at radius 3 is 1.68 bits per heavy atom. The fourth-order valence-corrected chi connectivity index (χ4v) is 1.75. The Hall–Kier alpha value is -0.693. The molecule has 0 rings (SSSR count). The third-order valence-corrected chi connectivity index (χ3v) is 3.15. The first-order valence-corrected chi connectivity index (χ1v) is 7.83. The van der Waals surface area contributed by atoms with Gasteiger partial charge in [0.25, 0.3) is 0 Å². The van der Waals surface area contributed by atoms with Crippen LogP contribution in [0.1, 0.15) is 41.0 Å². The predicted octanol–water partition coefficient (Wildman–Crippen LogP) is 2.60. The minimum Gasteiger partial charge on any atom is -0.462 e. The molecule has 0 atom stereocenters. The van der Waals surface area contributed by atoms with Gasteiger partial charge in [-0.3, -0.25) is 0 Å². The Bertz CT molecular complexity index is 219. The fraction of sp³-hybridized carbons (Fsp3) is 0.769. The first kappa shape index (κ1) is 20.6. The van der Waals surface area contributed by atoms with Crippen LogP contribution in [0.2, 0.25) is 0 Å². The first-order valence-electron chi connectivity index (χ1n) is 6.61. The van der Waals surface area contributed by atoms with Crippen molar-refractivity contribution in [2.75, 3.05) is 26.4 Å². The Balaban J connectivity index is 0. The molecule has 0 amide bonds. The Labute approximate surface area is 118 Å². The molecule has 0 heterocycles. The van der Waals surface area contributed by atoms with Gasteiger partial charge in [-0.25, -0.2) is 4.79 Å². The maximum absolute atomic E-state index is 10.6. The molecule has 0 aromatic rings. The quantitative estimate of drug-likeness (QED) is 0.371. The maximum Gasteiger partial charge on any atom is 0.577 e. The summed E-state index contributed by atoms with van der Waals surface area (Å²) in [6.07, 6.45) is 0.860. The summed E-state index contributed by atoms with van der Waals surface area (Å²) in [6, 6.07) is 0. The molecule has 0 fully saturated rings. The SMILES string of the molecule is C=C(C)C(=O)OCCC.CCO[Si](OCC)OCC. The highest BCUT2D eigenvalue weighted by atomic mass is 28.3. The van der Waals surface area contributed by atoms with Gasteiger partial charge in [0.2, 0.25) is 0 Å². The largest absolute Gasteiger partial charge is 0.577 e. The minimum atomic E-state index is -1.40. The van der Waals surface area contributed by atoms with Crippen LogP contribution in [0.25, 0.3) is 0 Å². The lowest BCUT2D eigenvalue weighted by atomic mass is 10.4. The van der Waals surface area contributed by atoms with Crippen molar-refractivity contribution >= 4 is 15.5 Å². The van der Waals surface area contributed by atoms with Crippen LogP contribution in [0.5, 0.6) is 0 Å². The summed E-state index contributed by atoms with van der Waals surface area (Å²) in [5, 5.41) is 0. The molecule has 19 heavy (non-hydrogen) atoms. The monoisotopic (exact) mass is 291 g/mol. The molecule has 0 aromatic heterocycles. The lowest BCUT2D eigenvalue weighted by Gasteiger charge is -2.10. The van der Waals surface area contributed by atoms with Gasteiger partial charge in [0.05, 0.1) is 6.61 Å². The number of ether oxygens (including phenoxy) is 1. The van der Waals surface area contributed by atoms with Crippen LogP contribution in [-0.4, -0.2) is 41.9 Å². The summed E-state index contributed by atoms with van der Waals surface area (Å²) >= 11 is 0. The standard InChI is InChI=1S/C7H12O2.C6H15O3Si/c1-4-5-9-7(8)6(2)3;1-4-7-10(8-5-2)9-6-3/h2,4-5H2,1,3H3;4-6H2,1-3H3. The van der Waals surface area contributed by atoms with Gasteiger partial charge in [-0.05, 0) is 34.1 Å². The summed E-state index contributed by atoms with van der Waals surface area (Å²) in [6.45, 7) is 15.3. The van der Waals surface area contributed by atoms with E-state index in [9.17, 15) is 4.79 Å². The second-order valence-corrected chi connectivity index (χ2v) is 4.83. The molecular formula is C13H27O5Si. The van der Waals surface area contributed by atoms with E-state index in [0.29, 0.717) is 32.0 Å². The van der Waals surface area contributed by atoms with Crippen molar-refractivity contribution in [1.82, 2.24) is 0 Å². The number of esters is 1. The third-order valence-electron chi connectivity index (χ3n) is 1.57. The van der Waals surface area contributed by atoms with E-state index in [2.05, 4.69) is 6.58 Å². The van der Waals surface area contributed by atoms with E-state index in [1.807, 2.05) is 27.7 Å². The van der Waals surface area contributed by atoms with Gasteiger partial charge in [0.1, 0.15) is 0 Å². The average Bonchev–Trinajstić information content (AvgIpc) is 2.37. The molecule has 0 aliphatic heterocycles. The molecule has 0 aliphatic rings. The highest BCUT2D eigenvalue weighted by molar-refractivity contribution is 6.36. The van der Waals surface area contributed by atoms with Gasteiger partial charge < -0.3 is 18.0 Å². The van der Waals surface area contributed by atoms with Crippen LogP contribution < -0.4 is 0 Å². The Kier molecular flexibility index (Phi) is 16.7. The van der Waals surface area contributed by atoms with Crippen molar-refractivity contribution < 1.29 is 22.8 Å². The van der Waals surface area contributed by atoms with Crippen LogP contribution in [0.15, 0.2) is 12.2 Å². The van der Waals surface area contributed by atoms with Crippen LogP contribution in [0.3, 0.4) is 0 Å². The molecule has 0 bridgehead atoms. The number of carbonyl (C=O) groups is 1. The normalized spacial score (nSPS) is 9.79. The second kappa shape index (κ2) is 15.4. The fourth-order valence-electron chi connectivity index (χ4n) is 0.797. The molecule has 0 aromatic carbocycles. The average molecular weight is 291 g/mol. The summed E-state index contributed by atoms with van der Waals surface area (Å²) in [5.74, 6) is -0.295. The molecule has 0 saturated carbocycles. The minimum absolute atomic E-state index is 0.295. The van der Waals surface area contributed by atoms with E-state index in [-0.39, 0.29) is 5.97 Å². The molecule has 6 heteroatoms. The van der Waals surface area contributed by atoms with E-state index in [1.165, 1.54) is 0 Å². The van der Waals surface area contributed by atoms with Crippen LogP contribution in [0.4, 0.5) is 0 Å². The number of rotatable bonds is 9. The molecular weight excluding hydrogens is 264 g/mol. The summed E-state index contributed by atoms with van der Waals surface area (Å²) in [5.41, 5.74) is 0.462. The molecule has 0 N–H and O–H groups in total. The molecule has 5 nitrogen and oxygen atoms in total. The molecule has 1 radical (unpaired) electrons. The van der Waals surface area contributed by atoms with Crippen LogP contribution >= 0.6 is 0 Å². The van der Waals surface area contributed by atoms with Crippen LogP contribution in [-0.2, 0) is 22.8 Å². The lowest BCUT2D eigenvalue weighted by Crippen LogP contribution is -2.27. The lowest BCUT2D eigenvalue weighted by molar-refractivity contribution is -0.138. The number of carbonyl (C=O) groups excluding carboxylic acids is 1. The van der Waals surface area contributed by atoms with E-state index in [0.717, 1.165) is 6.42 Å². The Morgan fingerprint density at radius 2 is 1.42 bits per heavy atom. The van der Waals surface area contributed by atoms with Gasteiger partial charge in [-0.15, -0.1) is 0 Å². The summed E-state index contributed by atoms with van der Waals surface area (Å²) in [4.78, 5) is 10.6.